The number of hydrogen-bond donors (Lipinski definition) is 1. The SMILES string of the molecule is CC(CCN)c1nc2ncc(Cl)cn2n1. The van der Waals surface area contributed by atoms with Crippen LogP contribution in [-0.4, -0.2) is 26.1 Å². The standard InChI is InChI=1S/C9H12ClN5/c1-6(2-3-11)8-13-9-12-4-7(10)5-15(9)14-8/h4-6H,2-3,11H2,1H3. The molecule has 0 saturated heterocycles. The predicted octanol–water partition coefficient (Wildman–Crippen LogP) is 1.23. The van der Waals surface area contributed by atoms with Crippen LogP contribution in [0.2, 0.25) is 5.02 Å². The number of nitrogens with zero attached hydrogens (tertiary/aromatic N) is 4. The summed E-state index contributed by atoms with van der Waals surface area (Å²) in [6.45, 7) is 2.67. The van der Waals surface area contributed by atoms with Gasteiger partial charge in [-0.15, -0.1) is 5.10 Å². The molecule has 2 heterocycles. The van der Waals surface area contributed by atoms with Gasteiger partial charge in [0.1, 0.15) is 0 Å². The van der Waals surface area contributed by atoms with Crippen molar-refractivity contribution in [2.45, 2.75) is 19.3 Å². The third-order valence-corrected chi connectivity index (χ3v) is 2.41. The quantitative estimate of drug-likeness (QED) is 0.853. The molecule has 1 atom stereocenters. The van der Waals surface area contributed by atoms with E-state index < -0.39 is 0 Å². The average Bonchev–Trinajstić information content (AvgIpc) is 2.60. The van der Waals surface area contributed by atoms with Crippen LogP contribution in [0.3, 0.4) is 0 Å². The molecule has 0 aromatic carbocycles. The minimum Gasteiger partial charge on any atom is -0.330 e. The van der Waals surface area contributed by atoms with Gasteiger partial charge in [-0.05, 0) is 13.0 Å². The van der Waals surface area contributed by atoms with Crippen LogP contribution < -0.4 is 5.73 Å². The molecule has 6 heteroatoms. The van der Waals surface area contributed by atoms with Crippen LogP contribution in [0, 0.1) is 0 Å². The highest BCUT2D eigenvalue weighted by molar-refractivity contribution is 6.30. The van der Waals surface area contributed by atoms with Crippen LogP contribution >= 0.6 is 11.6 Å². The Bertz CT molecular complexity index is 466. The molecular weight excluding hydrogens is 214 g/mol. The van der Waals surface area contributed by atoms with Crippen LogP contribution in [-0.2, 0) is 0 Å². The Labute approximate surface area is 92.3 Å². The van der Waals surface area contributed by atoms with Crippen molar-refractivity contribution < 1.29 is 0 Å². The van der Waals surface area contributed by atoms with Crippen LogP contribution in [0.15, 0.2) is 12.4 Å². The smallest absolute Gasteiger partial charge is 0.252 e. The van der Waals surface area contributed by atoms with Crippen molar-refractivity contribution in [3.05, 3.63) is 23.2 Å². The van der Waals surface area contributed by atoms with E-state index in [9.17, 15) is 0 Å². The molecule has 0 amide bonds. The van der Waals surface area contributed by atoms with Gasteiger partial charge in [-0.2, -0.15) is 4.98 Å². The molecule has 2 N–H and O–H groups in total. The lowest BCUT2D eigenvalue weighted by Crippen LogP contribution is -2.05. The van der Waals surface area contributed by atoms with Gasteiger partial charge in [0, 0.05) is 5.92 Å². The van der Waals surface area contributed by atoms with Gasteiger partial charge in [0.05, 0.1) is 17.4 Å². The molecule has 80 valence electrons. The van der Waals surface area contributed by atoms with Crippen molar-refractivity contribution >= 4 is 17.4 Å². The van der Waals surface area contributed by atoms with Gasteiger partial charge < -0.3 is 5.73 Å². The summed E-state index contributed by atoms with van der Waals surface area (Å²) in [5.41, 5.74) is 5.49. The van der Waals surface area contributed by atoms with Crippen LogP contribution in [0.5, 0.6) is 0 Å². The van der Waals surface area contributed by atoms with Crippen LogP contribution in [0.4, 0.5) is 0 Å². The Morgan fingerprint density at radius 1 is 1.60 bits per heavy atom. The molecule has 0 saturated carbocycles. The van der Waals surface area contributed by atoms with E-state index >= 15 is 0 Å². The average molecular weight is 226 g/mol. The number of halogens is 1. The van der Waals surface area contributed by atoms with Crippen molar-refractivity contribution in [3.63, 3.8) is 0 Å². The third-order valence-electron chi connectivity index (χ3n) is 2.22. The first-order chi connectivity index (χ1) is 7.20. The largest absolute Gasteiger partial charge is 0.330 e. The Morgan fingerprint density at radius 3 is 3.13 bits per heavy atom. The second kappa shape index (κ2) is 4.12. The third kappa shape index (κ3) is 2.08. The maximum Gasteiger partial charge on any atom is 0.252 e. The minimum absolute atomic E-state index is 0.246. The fraction of sp³-hybridized carbons (Fsp3) is 0.444. The second-order valence-electron chi connectivity index (χ2n) is 3.47. The first-order valence-electron chi connectivity index (χ1n) is 4.78. The maximum absolute atomic E-state index is 5.80. The van der Waals surface area contributed by atoms with Gasteiger partial charge in [-0.1, -0.05) is 18.5 Å². The second-order valence-corrected chi connectivity index (χ2v) is 3.90. The fourth-order valence-electron chi connectivity index (χ4n) is 1.36. The lowest BCUT2D eigenvalue weighted by atomic mass is 10.1. The summed E-state index contributed by atoms with van der Waals surface area (Å²) < 4.78 is 1.59. The number of hydrogen-bond acceptors (Lipinski definition) is 4. The first kappa shape index (κ1) is 10.3. The van der Waals surface area contributed by atoms with Gasteiger partial charge in [-0.3, -0.25) is 0 Å². The van der Waals surface area contributed by atoms with E-state index in [0.29, 0.717) is 17.3 Å². The molecule has 1 unspecified atom stereocenters. The molecule has 15 heavy (non-hydrogen) atoms. The van der Waals surface area contributed by atoms with Crippen molar-refractivity contribution in [1.82, 2.24) is 19.6 Å². The normalized spacial score (nSPS) is 13.3. The number of nitrogens with two attached hydrogens (primary N) is 1. The van der Waals surface area contributed by atoms with Gasteiger partial charge in [0.25, 0.3) is 5.78 Å². The molecule has 0 aliphatic carbocycles. The monoisotopic (exact) mass is 225 g/mol. The van der Waals surface area contributed by atoms with Crippen LogP contribution in [0.1, 0.15) is 25.1 Å². The summed E-state index contributed by atoms with van der Waals surface area (Å²) in [6, 6.07) is 0. The van der Waals surface area contributed by atoms with Crippen molar-refractivity contribution in [2.75, 3.05) is 6.54 Å². The van der Waals surface area contributed by atoms with Gasteiger partial charge in [0.2, 0.25) is 0 Å². The van der Waals surface area contributed by atoms with E-state index in [0.717, 1.165) is 12.2 Å². The summed E-state index contributed by atoms with van der Waals surface area (Å²) in [5.74, 6) is 1.57. The summed E-state index contributed by atoms with van der Waals surface area (Å²) in [7, 11) is 0. The molecule has 0 spiro atoms. The zero-order chi connectivity index (χ0) is 10.8. The molecule has 0 aliphatic heterocycles. The fourth-order valence-corrected chi connectivity index (χ4v) is 1.50. The van der Waals surface area contributed by atoms with E-state index in [1.165, 1.54) is 0 Å². The number of fused-ring (bicyclic) bond motifs is 1. The Balaban J connectivity index is 2.38. The molecule has 0 radical (unpaired) electrons. The number of rotatable bonds is 3. The summed E-state index contributed by atoms with van der Waals surface area (Å²) in [5, 5.41) is 4.84. The maximum atomic E-state index is 5.80. The zero-order valence-corrected chi connectivity index (χ0v) is 9.15. The van der Waals surface area contributed by atoms with E-state index in [1.54, 1.807) is 16.9 Å². The lowest BCUT2D eigenvalue weighted by Gasteiger charge is -2.02. The topological polar surface area (TPSA) is 69.1 Å². The molecule has 2 aromatic rings. The van der Waals surface area contributed by atoms with Crippen molar-refractivity contribution in [1.29, 1.82) is 0 Å². The highest BCUT2D eigenvalue weighted by Crippen LogP contribution is 2.15. The van der Waals surface area contributed by atoms with Crippen molar-refractivity contribution in [3.8, 4) is 0 Å². The molecule has 0 fully saturated rings. The molecule has 2 rings (SSSR count). The molecule has 5 nitrogen and oxygen atoms in total. The molecule has 2 aromatic heterocycles. The lowest BCUT2D eigenvalue weighted by molar-refractivity contribution is 0.646. The van der Waals surface area contributed by atoms with E-state index in [2.05, 4.69) is 15.1 Å². The molecule has 0 bridgehead atoms. The van der Waals surface area contributed by atoms with E-state index in [-0.39, 0.29) is 5.92 Å². The molecular formula is C9H12ClN5. The summed E-state index contributed by atoms with van der Waals surface area (Å²) in [4.78, 5) is 8.37. The Kier molecular flexibility index (Phi) is 2.83. The number of aromatic nitrogens is 4. The zero-order valence-electron chi connectivity index (χ0n) is 8.39. The highest BCUT2D eigenvalue weighted by atomic mass is 35.5. The van der Waals surface area contributed by atoms with Gasteiger partial charge >= 0.3 is 0 Å². The van der Waals surface area contributed by atoms with E-state index in [1.807, 2.05) is 6.92 Å². The summed E-state index contributed by atoms with van der Waals surface area (Å²) >= 11 is 5.80. The van der Waals surface area contributed by atoms with Gasteiger partial charge in [-0.25, -0.2) is 9.50 Å². The minimum atomic E-state index is 0.246. The Morgan fingerprint density at radius 2 is 2.40 bits per heavy atom. The summed E-state index contributed by atoms with van der Waals surface area (Å²) in [6.07, 6.45) is 4.11. The van der Waals surface area contributed by atoms with E-state index in [4.69, 9.17) is 17.3 Å². The molecule has 0 aliphatic rings. The first-order valence-corrected chi connectivity index (χ1v) is 5.16. The predicted molar refractivity (Wildman–Crippen MR) is 57.9 cm³/mol. The van der Waals surface area contributed by atoms with Crippen LogP contribution in [0.25, 0.3) is 5.78 Å². The highest BCUT2D eigenvalue weighted by Gasteiger charge is 2.11. The van der Waals surface area contributed by atoms with Crippen molar-refractivity contribution in [2.24, 2.45) is 5.73 Å². The Hall–Kier alpha value is -1.20. The van der Waals surface area contributed by atoms with Gasteiger partial charge in [0.15, 0.2) is 5.82 Å².